The van der Waals surface area contributed by atoms with Crippen LogP contribution < -0.4 is 14.2 Å². The lowest BCUT2D eigenvalue weighted by Crippen LogP contribution is -2.14. The predicted octanol–water partition coefficient (Wildman–Crippen LogP) is 4.60. The molecule has 0 fully saturated rings. The van der Waals surface area contributed by atoms with Gasteiger partial charge in [0.2, 0.25) is 0 Å². The number of nitro benzene ring substituents is 1. The van der Waals surface area contributed by atoms with E-state index in [1.165, 1.54) is 18.3 Å². The Balaban J connectivity index is 1.40. The van der Waals surface area contributed by atoms with Crippen LogP contribution in [0.15, 0.2) is 65.8 Å². The van der Waals surface area contributed by atoms with E-state index in [9.17, 15) is 10.1 Å². The fraction of sp³-hybridized carbons (Fsp3) is 0.208. The van der Waals surface area contributed by atoms with Crippen LogP contribution in [0.4, 0.5) is 5.69 Å². The molecule has 0 aromatic heterocycles. The van der Waals surface area contributed by atoms with Crippen molar-refractivity contribution in [2.45, 2.75) is 19.8 Å². The highest BCUT2D eigenvalue weighted by Gasteiger charge is 2.21. The average molecular weight is 450 g/mol. The minimum atomic E-state index is -0.463. The largest absolute Gasteiger partial charge is 0.493 e. The number of rotatable bonds is 9. The van der Waals surface area contributed by atoms with Gasteiger partial charge in [-0.05, 0) is 23.8 Å². The van der Waals surface area contributed by atoms with Gasteiger partial charge < -0.3 is 23.8 Å². The molecule has 0 unspecified atom stereocenters. The van der Waals surface area contributed by atoms with E-state index in [4.69, 9.17) is 23.8 Å². The summed E-state index contributed by atoms with van der Waals surface area (Å²) in [5, 5.41) is 15.2. The zero-order chi connectivity index (χ0) is 23.0. The third-order valence-electron chi connectivity index (χ3n) is 4.90. The van der Waals surface area contributed by atoms with E-state index in [0.29, 0.717) is 35.0 Å². The molecular weight excluding hydrogens is 428 g/mol. The van der Waals surface area contributed by atoms with Gasteiger partial charge in [0.15, 0.2) is 18.3 Å². The van der Waals surface area contributed by atoms with Gasteiger partial charge in [-0.25, -0.2) is 0 Å². The molecule has 0 N–H and O–H groups in total. The van der Waals surface area contributed by atoms with Gasteiger partial charge in [0.25, 0.3) is 5.69 Å². The molecule has 170 valence electrons. The van der Waals surface area contributed by atoms with Crippen LogP contribution in [-0.4, -0.2) is 25.0 Å². The number of nitrogens with zero attached hydrogens (tertiary/aromatic N) is 2. The summed E-state index contributed by atoms with van der Waals surface area (Å²) in [5.41, 5.74) is 2.87. The quantitative estimate of drug-likeness (QED) is 0.267. The van der Waals surface area contributed by atoms with Crippen LogP contribution in [0, 0.1) is 10.1 Å². The van der Waals surface area contributed by atoms with E-state index >= 15 is 0 Å². The first kappa shape index (κ1) is 22.1. The van der Waals surface area contributed by atoms with E-state index < -0.39 is 4.92 Å². The lowest BCUT2D eigenvalue weighted by molar-refractivity contribution is -0.385. The zero-order valence-corrected chi connectivity index (χ0v) is 17.9. The summed E-state index contributed by atoms with van der Waals surface area (Å²) in [6, 6.07) is 18.1. The number of oxime groups is 1. The number of nitro groups is 1. The maximum Gasteiger partial charge on any atom is 0.270 e. The highest BCUT2D eigenvalue weighted by molar-refractivity contribution is 5.80. The Bertz CT molecular complexity index is 1150. The summed E-state index contributed by atoms with van der Waals surface area (Å²) >= 11 is 0. The second kappa shape index (κ2) is 10.5. The minimum Gasteiger partial charge on any atom is -0.493 e. The number of hydrogen-bond acceptors (Lipinski definition) is 8. The smallest absolute Gasteiger partial charge is 0.270 e. The van der Waals surface area contributed by atoms with Crippen LogP contribution in [0.2, 0.25) is 0 Å². The van der Waals surface area contributed by atoms with Crippen molar-refractivity contribution < 1.29 is 28.7 Å². The van der Waals surface area contributed by atoms with Crippen LogP contribution in [0.5, 0.6) is 17.2 Å². The Labute approximate surface area is 190 Å². The van der Waals surface area contributed by atoms with Crippen molar-refractivity contribution in [3.63, 3.8) is 0 Å². The van der Waals surface area contributed by atoms with E-state index in [2.05, 4.69) is 5.16 Å². The molecule has 0 radical (unpaired) electrons. The van der Waals surface area contributed by atoms with Crippen molar-refractivity contribution in [3.8, 4) is 17.2 Å². The molecular formula is C24H22N2O7. The molecule has 33 heavy (non-hydrogen) atoms. The summed E-state index contributed by atoms with van der Waals surface area (Å²) in [4.78, 5) is 16.1. The third-order valence-corrected chi connectivity index (χ3v) is 4.90. The van der Waals surface area contributed by atoms with Crippen molar-refractivity contribution >= 4 is 11.9 Å². The Hall–Kier alpha value is -4.11. The van der Waals surface area contributed by atoms with E-state index in [0.717, 1.165) is 11.1 Å². The number of non-ortho nitro benzene ring substituents is 1. The van der Waals surface area contributed by atoms with Gasteiger partial charge in [0.1, 0.15) is 19.0 Å². The molecule has 0 atom stereocenters. The van der Waals surface area contributed by atoms with Crippen LogP contribution in [-0.2, 0) is 29.4 Å². The van der Waals surface area contributed by atoms with Gasteiger partial charge in [-0.1, -0.05) is 35.5 Å². The predicted molar refractivity (Wildman–Crippen MR) is 120 cm³/mol. The summed E-state index contributed by atoms with van der Waals surface area (Å²) in [6.45, 7) is 0.760. The molecule has 1 aliphatic heterocycles. The fourth-order valence-corrected chi connectivity index (χ4v) is 3.32. The van der Waals surface area contributed by atoms with Crippen LogP contribution >= 0.6 is 0 Å². The maximum atomic E-state index is 11.2. The first-order valence-corrected chi connectivity index (χ1v) is 10.1. The molecule has 0 saturated heterocycles. The summed E-state index contributed by atoms with van der Waals surface area (Å²) in [7, 11) is 1.57. The molecule has 0 bridgehead atoms. The first-order chi connectivity index (χ1) is 16.1. The maximum absolute atomic E-state index is 11.2. The number of benzene rings is 3. The van der Waals surface area contributed by atoms with Gasteiger partial charge in [0.05, 0.1) is 24.9 Å². The standard InChI is InChI=1S/C24H22N2O7/c1-29-23-9-18(7-8-22(23)31-13-17-5-3-2-4-6-17)12-25-33-15-20-11-21(26(27)28)10-19-14-30-16-32-24(19)20/h2-12H,13-16H2,1H3. The molecule has 3 aromatic rings. The van der Waals surface area contributed by atoms with Crippen molar-refractivity contribution in [1.82, 2.24) is 0 Å². The number of hydrogen-bond donors (Lipinski definition) is 0. The zero-order valence-electron chi connectivity index (χ0n) is 17.9. The van der Waals surface area contributed by atoms with Gasteiger partial charge in [-0.3, -0.25) is 10.1 Å². The molecule has 4 rings (SSSR count). The molecule has 3 aromatic carbocycles. The van der Waals surface area contributed by atoms with Gasteiger partial charge in [-0.15, -0.1) is 0 Å². The Kier molecular flexibility index (Phi) is 7.01. The van der Waals surface area contributed by atoms with Gasteiger partial charge >= 0.3 is 0 Å². The van der Waals surface area contributed by atoms with Crippen LogP contribution in [0.3, 0.4) is 0 Å². The highest BCUT2D eigenvalue weighted by Crippen LogP contribution is 2.33. The van der Waals surface area contributed by atoms with Crippen LogP contribution in [0.25, 0.3) is 0 Å². The number of methoxy groups -OCH3 is 1. The van der Waals surface area contributed by atoms with E-state index in [1.54, 1.807) is 19.2 Å². The SMILES string of the molecule is COc1cc(C=NOCc2cc([N+](=O)[O-])cc3c2OCOC3)ccc1OCc1ccccc1. The Morgan fingerprint density at radius 1 is 1.09 bits per heavy atom. The normalized spacial score (nSPS) is 12.6. The molecule has 0 amide bonds. The topological polar surface area (TPSA) is 102 Å². The first-order valence-electron chi connectivity index (χ1n) is 10.1. The number of fused-ring (bicyclic) bond motifs is 1. The molecule has 0 aliphatic carbocycles. The molecule has 1 heterocycles. The van der Waals surface area contributed by atoms with Crippen molar-refractivity contribution in [2.24, 2.45) is 5.16 Å². The lowest BCUT2D eigenvalue weighted by atomic mass is 10.1. The number of ether oxygens (including phenoxy) is 4. The lowest BCUT2D eigenvalue weighted by Gasteiger charge is -2.20. The van der Waals surface area contributed by atoms with Gasteiger partial charge in [0, 0.05) is 28.8 Å². The molecule has 9 nitrogen and oxygen atoms in total. The second-order valence-electron chi connectivity index (χ2n) is 7.15. The fourth-order valence-electron chi connectivity index (χ4n) is 3.32. The molecule has 0 saturated carbocycles. The summed E-state index contributed by atoms with van der Waals surface area (Å²) < 4.78 is 22.0. The summed E-state index contributed by atoms with van der Waals surface area (Å²) in [5.74, 6) is 1.71. The van der Waals surface area contributed by atoms with Crippen LogP contribution in [0.1, 0.15) is 22.3 Å². The minimum absolute atomic E-state index is 0.00984. The van der Waals surface area contributed by atoms with Gasteiger partial charge in [-0.2, -0.15) is 0 Å². The van der Waals surface area contributed by atoms with Crippen molar-refractivity contribution in [3.05, 3.63) is 93.0 Å². The molecule has 0 spiro atoms. The van der Waals surface area contributed by atoms with E-state index in [-0.39, 0.29) is 25.7 Å². The average Bonchev–Trinajstić information content (AvgIpc) is 2.86. The van der Waals surface area contributed by atoms with Crippen molar-refractivity contribution in [1.29, 1.82) is 0 Å². The summed E-state index contributed by atoms with van der Waals surface area (Å²) in [6.07, 6.45) is 1.53. The highest BCUT2D eigenvalue weighted by atomic mass is 16.7. The second-order valence-corrected chi connectivity index (χ2v) is 7.15. The molecule has 9 heteroatoms. The Morgan fingerprint density at radius 3 is 2.73 bits per heavy atom. The molecule has 1 aliphatic rings. The van der Waals surface area contributed by atoms with Crippen molar-refractivity contribution in [2.75, 3.05) is 13.9 Å². The Morgan fingerprint density at radius 2 is 1.94 bits per heavy atom. The monoisotopic (exact) mass is 450 g/mol. The van der Waals surface area contributed by atoms with E-state index in [1.807, 2.05) is 36.4 Å². The third kappa shape index (κ3) is 5.58.